The molecular formula is C16H14N4O2S. The van der Waals surface area contributed by atoms with Crippen LogP contribution < -0.4 is 10.5 Å². The van der Waals surface area contributed by atoms with Gasteiger partial charge in [-0.15, -0.1) is 11.3 Å². The summed E-state index contributed by atoms with van der Waals surface area (Å²) in [6.45, 7) is 1.99. The van der Waals surface area contributed by atoms with E-state index in [1.807, 2.05) is 18.4 Å². The maximum Gasteiger partial charge on any atom is 0.262 e. The van der Waals surface area contributed by atoms with Crippen LogP contribution in [0.5, 0.6) is 0 Å². The molecule has 0 saturated carbocycles. The molecule has 7 heteroatoms. The second-order valence-electron chi connectivity index (χ2n) is 5.64. The van der Waals surface area contributed by atoms with Crippen molar-refractivity contribution in [2.75, 3.05) is 4.90 Å². The van der Waals surface area contributed by atoms with E-state index in [1.54, 1.807) is 23.4 Å². The van der Waals surface area contributed by atoms with Gasteiger partial charge in [-0.1, -0.05) is 0 Å². The van der Waals surface area contributed by atoms with Crippen molar-refractivity contribution < 1.29 is 4.79 Å². The maximum absolute atomic E-state index is 12.7. The van der Waals surface area contributed by atoms with E-state index in [0.29, 0.717) is 10.2 Å². The van der Waals surface area contributed by atoms with Gasteiger partial charge in [0.1, 0.15) is 11.4 Å². The Morgan fingerprint density at radius 2 is 2.30 bits per heavy atom. The number of hydrogen-bond donors (Lipinski definition) is 0. The Morgan fingerprint density at radius 3 is 3.17 bits per heavy atom. The zero-order valence-electron chi connectivity index (χ0n) is 12.5. The topological polar surface area (TPSA) is 68.1 Å². The minimum absolute atomic E-state index is 0.0102. The highest BCUT2D eigenvalue weighted by atomic mass is 32.1. The summed E-state index contributed by atoms with van der Waals surface area (Å²) in [5, 5.41) is 2.39. The van der Waals surface area contributed by atoms with Gasteiger partial charge in [-0.3, -0.25) is 19.1 Å². The third kappa shape index (κ3) is 2.24. The maximum atomic E-state index is 12.7. The van der Waals surface area contributed by atoms with Gasteiger partial charge >= 0.3 is 0 Å². The summed E-state index contributed by atoms with van der Waals surface area (Å²) in [4.78, 5) is 36.0. The molecule has 1 amide bonds. The van der Waals surface area contributed by atoms with Gasteiger partial charge in [0.2, 0.25) is 5.91 Å². The van der Waals surface area contributed by atoms with Crippen LogP contribution in [0.2, 0.25) is 0 Å². The Balaban J connectivity index is 1.67. The number of anilines is 1. The zero-order chi connectivity index (χ0) is 16.0. The van der Waals surface area contributed by atoms with E-state index < -0.39 is 0 Å². The molecule has 1 unspecified atom stereocenters. The molecule has 3 aromatic rings. The predicted octanol–water partition coefficient (Wildman–Crippen LogP) is 1.83. The molecule has 0 aromatic carbocycles. The molecule has 1 atom stereocenters. The molecule has 6 nitrogen and oxygen atoms in total. The van der Waals surface area contributed by atoms with Crippen molar-refractivity contribution >= 4 is 33.1 Å². The van der Waals surface area contributed by atoms with Gasteiger partial charge < -0.3 is 4.90 Å². The minimum Gasteiger partial charge on any atom is -0.307 e. The van der Waals surface area contributed by atoms with Crippen molar-refractivity contribution in [1.29, 1.82) is 0 Å². The number of fused-ring (bicyclic) bond motifs is 2. The van der Waals surface area contributed by atoms with Crippen molar-refractivity contribution in [2.24, 2.45) is 0 Å². The molecule has 4 rings (SSSR count). The summed E-state index contributed by atoms with van der Waals surface area (Å²) in [6.07, 6.45) is 5.71. The fourth-order valence-electron chi connectivity index (χ4n) is 3.07. The van der Waals surface area contributed by atoms with Crippen LogP contribution in [0.15, 0.2) is 41.0 Å². The molecule has 0 bridgehead atoms. The van der Waals surface area contributed by atoms with E-state index in [4.69, 9.17) is 0 Å². The lowest BCUT2D eigenvalue weighted by atomic mass is 10.2. The molecular weight excluding hydrogens is 312 g/mol. The first-order valence-electron chi connectivity index (χ1n) is 7.33. The number of nitrogens with zero attached hydrogens (tertiary/aromatic N) is 4. The molecule has 116 valence electrons. The van der Waals surface area contributed by atoms with Crippen LogP contribution in [-0.2, 0) is 17.8 Å². The highest BCUT2D eigenvalue weighted by Gasteiger charge is 2.31. The number of hydrogen-bond acceptors (Lipinski definition) is 5. The lowest BCUT2D eigenvalue weighted by molar-refractivity contribution is -0.119. The minimum atomic E-state index is -0.175. The SMILES string of the molecule is CC1Cc2cnccc2N1C(=O)Cn1cnc2sccc2c1=O. The van der Waals surface area contributed by atoms with Crippen LogP contribution in [0, 0.1) is 0 Å². The highest BCUT2D eigenvalue weighted by Crippen LogP contribution is 2.31. The molecule has 23 heavy (non-hydrogen) atoms. The second-order valence-corrected chi connectivity index (χ2v) is 6.53. The number of aromatic nitrogens is 3. The van der Waals surface area contributed by atoms with Crippen molar-refractivity contribution in [2.45, 2.75) is 25.9 Å². The quantitative estimate of drug-likeness (QED) is 0.720. The van der Waals surface area contributed by atoms with Crippen LogP contribution in [0.25, 0.3) is 10.2 Å². The molecule has 0 saturated heterocycles. The second kappa shape index (κ2) is 5.27. The molecule has 0 aliphatic carbocycles. The van der Waals surface area contributed by atoms with E-state index in [2.05, 4.69) is 9.97 Å². The number of carbonyl (C=O) groups is 1. The summed E-state index contributed by atoms with van der Waals surface area (Å²) >= 11 is 1.42. The van der Waals surface area contributed by atoms with Gasteiger partial charge in [0, 0.05) is 18.4 Å². The fourth-order valence-corrected chi connectivity index (χ4v) is 3.79. The number of carbonyl (C=O) groups excluding carboxylic acids is 1. The van der Waals surface area contributed by atoms with Gasteiger partial charge in [0.25, 0.3) is 5.56 Å². The molecule has 3 aromatic heterocycles. The third-order valence-corrected chi connectivity index (χ3v) is 4.94. The lowest BCUT2D eigenvalue weighted by Gasteiger charge is -2.23. The summed E-state index contributed by atoms with van der Waals surface area (Å²) in [7, 11) is 0. The van der Waals surface area contributed by atoms with Crippen molar-refractivity contribution in [1.82, 2.24) is 14.5 Å². The fraction of sp³-hybridized carbons (Fsp3) is 0.250. The van der Waals surface area contributed by atoms with Crippen LogP contribution >= 0.6 is 11.3 Å². The monoisotopic (exact) mass is 326 g/mol. The Hall–Kier alpha value is -2.54. The lowest BCUT2D eigenvalue weighted by Crippen LogP contribution is -2.39. The zero-order valence-corrected chi connectivity index (χ0v) is 13.3. The van der Waals surface area contributed by atoms with E-state index in [0.717, 1.165) is 17.7 Å². The average molecular weight is 326 g/mol. The Bertz CT molecular complexity index is 962. The Morgan fingerprint density at radius 1 is 1.43 bits per heavy atom. The molecule has 1 aliphatic rings. The van der Waals surface area contributed by atoms with Gasteiger partial charge in [-0.25, -0.2) is 4.98 Å². The first-order chi connectivity index (χ1) is 11.1. The van der Waals surface area contributed by atoms with Gasteiger partial charge in [-0.2, -0.15) is 0 Å². The average Bonchev–Trinajstić information content (AvgIpc) is 3.13. The Labute approximate surface area is 136 Å². The van der Waals surface area contributed by atoms with Crippen molar-refractivity contribution in [3.8, 4) is 0 Å². The highest BCUT2D eigenvalue weighted by molar-refractivity contribution is 7.16. The van der Waals surface area contributed by atoms with Crippen molar-refractivity contribution in [3.63, 3.8) is 0 Å². The van der Waals surface area contributed by atoms with Crippen molar-refractivity contribution in [3.05, 3.63) is 52.2 Å². The Kier molecular flexibility index (Phi) is 3.23. The number of thiophene rings is 1. The molecule has 0 fully saturated rings. The normalized spacial score (nSPS) is 16.7. The molecule has 4 heterocycles. The summed E-state index contributed by atoms with van der Waals surface area (Å²) in [6, 6.07) is 3.66. The number of amides is 1. The largest absolute Gasteiger partial charge is 0.307 e. The van der Waals surface area contributed by atoms with E-state index in [-0.39, 0.29) is 24.1 Å². The summed E-state index contributed by atoms with van der Waals surface area (Å²) in [5.41, 5.74) is 1.77. The molecule has 0 N–H and O–H groups in total. The molecule has 0 spiro atoms. The van der Waals surface area contributed by atoms with Gasteiger partial charge in [0.05, 0.1) is 17.4 Å². The van der Waals surface area contributed by atoms with Crippen LogP contribution in [0.4, 0.5) is 5.69 Å². The number of rotatable bonds is 2. The van der Waals surface area contributed by atoms with E-state index in [9.17, 15) is 9.59 Å². The smallest absolute Gasteiger partial charge is 0.262 e. The van der Waals surface area contributed by atoms with E-state index in [1.165, 1.54) is 22.2 Å². The van der Waals surface area contributed by atoms with Crippen LogP contribution in [-0.4, -0.2) is 26.5 Å². The number of pyridine rings is 1. The molecule has 0 radical (unpaired) electrons. The first kappa shape index (κ1) is 14.1. The van der Waals surface area contributed by atoms with Crippen LogP contribution in [0.3, 0.4) is 0 Å². The third-order valence-electron chi connectivity index (χ3n) is 4.12. The summed E-state index contributed by atoms with van der Waals surface area (Å²) in [5.74, 6) is -0.110. The van der Waals surface area contributed by atoms with Gasteiger partial charge in [-0.05, 0) is 36.4 Å². The predicted molar refractivity (Wildman–Crippen MR) is 88.8 cm³/mol. The first-order valence-corrected chi connectivity index (χ1v) is 8.20. The standard InChI is InChI=1S/C16H14N4O2S/c1-10-6-11-7-17-4-2-13(11)20(10)14(21)8-19-9-18-15-12(16(19)22)3-5-23-15/h2-5,7,9-10H,6,8H2,1H3. The summed E-state index contributed by atoms with van der Waals surface area (Å²) < 4.78 is 1.38. The van der Waals surface area contributed by atoms with Gasteiger partial charge in [0.15, 0.2) is 0 Å². The molecule has 1 aliphatic heterocycles. The van der Waals surface area contributed by atoms with Crippen LogP contribution in [0.1, 0.15) is 12.5 Å². The van der Waals surface area contributed by atoms with E-state index >= 15 is 0 Å².